The van der Waals surface area contributed by atoms with E-state index in [1.54, 1.807) is 0 Å². The number of hydroxylamine groups is 1. The first-order chi connectivity index (χ1) is 8.77. The summed E-state index contributed by atoms with van der Waals surface area (Å²) in [7, 11) is 1.51. The minimum atomic E-state index is 0.652. The summed E-state index contributed by atoms with van der Waals surface area (Å²) in [4.78, 5) is 0. The first kappa shape index (κ1) is 12.1. The van der Waals surface area contributed by atoms with E-state index in [9.17, 15) is 5.21 Å². The molecule has 0 saturated heterocycles. The van der Waals surface area contributed by atoms with Crippen molar-refractivity contribution in [1.29, 1.82) is 0 Å². The lowest BCUT2D eigenvalue weighted by Crippen LogP contribution is -2.10. The molecule has 0 heterocycles. The van der Waals surface area contributed by atoms with Crippen LogP contribution in [0.4, 0.5) is 0 Å². The van der Waals surface area contributed by atoms with Crippen molar-refractivity contribution in [2.75, 3.05) is 7.05 Å². The van der Waals surface area contributed by atoms with E-state index in [0.717, 1.165) is 15.9 Å². The second-order valence-corrected chi connectivity index (χ2v) is 3.99. The molecule has 0 radical (unpaired) electrons. The zero-order valence-electron chi connectivity index (χ0n) is 10.3. The van der Waals surface area contributed by atoms with Gasteiger partial charge in [-0.1, -0.05) is 48.5 Å². The largest absolute Gasteiger partial charge is 0.624 e. The third-order valence-electron chi connectivity index (χ3n) is 2.64. The topological polar surface area (TPSA) is 26.1 Å². The van der Waals surface area contributed by atoms with Gasteiger partial charge in [0.25, 0.3) is 0 Å². The standard InChI is InChI=1S/C16H15NO/c1-17(18)16(15-10-6-3-7-11-15)13-12-14-8-4-2-5-9-14/h2-13H,1H3/b13-12+,17-16+. The van der Waals surface area contributed by atoms with Gasteiger partial charge in [0, 0.05) is 11.6 Å². The van der Waals surface area contributed by atoms with Crippen LogP contribution in [0.5, 0.6) is 0 Å². The van der Waals surface area contributed by atoms with Crippen LogP contribution in [0, 0.1) is 5.21 Å². The summed E-state index contributed by atoms with van der Waals surface area (Å²) in [6.07, 6.45) is 3.79. The van der Waals surface area contributed by atoms with Crippen LogP contribution in [0.2, 0.25) is 0 Å². The van der Waals surface area contributed by atoms with E-state index < -0.39 is 0 Å². The van der Waals surface area contributed by atoms with Gasteiger partial charge in [0.15, 0.2) is 0 Å². The smallest absolute Gasteiger partial charge is 0.218 e. The van der Waals surface area contributed by atoms with E-state index in [1.807, 2.05) is 72.8 Å². The molecule has 0 atom stereocenters. The molecule has 0 N–H and O–H groups in total. The average Bonchev–Trinajstić information content (AvgIpc) is 2.41. The van der Waals surface area contributed by atoms with Crippen LogP contribution in [0.15, 0.2) is 66.7 Å². The number of hydrogen-bond donors (Lipinski definition) is 0. The summed E-state index contributed by atoms with van der Waals surface area (Å²) in [5.74, 6) is 0. The second-order valence-electron chi connectivity index (χ2n) is 3.99. The Morgan fingerprint density at radius 2 is 1.50 bits per heavy atom. The second kappa shape index (κ2) is 5.82. The van der Waals surface area contributed by atoms with Gasteiger partial charge in [-0.3, -0.25) is 0 Å². The molecule has 2 heteroatoms. The SMILES string of the molecule is C/[N+]([O-])=C(/C=C/c1ccccc1)c1ccccc1. The van der Waals surface area contributed by atoms with Crippen LogP contribution < -0.4 is 0 Å². The summed E-state index contributed by atoms with van der Waals surface area (Å²) in [6, 6.07) is 19.6. The number of allylic oxidation sites excluding steroid dienone is 1. The monoisotopic (exact) mass is 237 g/mol. The Morgan fingerprint density at radius 3 is 2.06 bits per heavy atom. The molecule has 0 aromatic heterocycles. The molecule has 18 heavy (non-hydrogen) atoms. The predicted molar refractivity (Wildman–Crippen MR) is 75.6 cm³/mol. The zero-order valence-corrected chi connectivity index (χ0v) is 10.3. The highest BCUT2D eigenvalue weighted by Gasteiger charge is 2.05. The molecule has 0 fully saturated rings. The maximum Gasteiger partial charge on any atom is 0.218 e. The van der Waals surface area contributed by atoms with E-state index in [2.05, 4.69) is 0 Å². The highest BCUT2D eigenvalue weighted by molar-refractivity contribution is 6.07. The summed E-state index contributed by atoms with van der Waals surface area (Å²) >= 11 is 0. The molecule has 2 nitrogen and oxygen atoms in total. The molecule has 0 bridgehead atoms. The molecule has 0 saturated carbocycles. The lowest BCUT2D eigenvalue weighted by molar-refractivity contribution is -0.421. The molecule has 0 aliphatic carbocycles. The summed E-state index contributed by atoms with van der Waals surface area (Å²) in [5, 5.41) is 11.6. The number of rotatable bonds is 3. The van der Waals surface area contributed by atoms with Crippen molar-refractivity contribution in [2.45, 2.75) is 0 Å². The fourth-order valence-corrected chi connectivity index (χ4v) is 1.73. The van der Waals surface area contributed by atoms with Gasteiger partial charge in [-0.25, -0.2) is 4.74 Å². The predicted octanol–water partition coefficient (Wildman–Crippen LogP) is 3.33. The van der Waals surface area contributed by atoms with Crippen LogP contribution in [-0.2, 0) is 0 Å². The van der Waals surface area contributed by atoms with E-state index in [-0.39, 0.29) is 0 Å². The van der Waals surface area contributed by atoms with Crippen LogP contribution >= 0.6 is 0 Å². The molecule has 2 rings (SSSR count). The van der Waals surface area contributed by atoms with Gasteiger partial charge in [-0.15, -0.1) is 0 Å². The van der Waals surface area contributed by atoms with Crippen LogP contribution in [0.25, 0.3) is 6.08 Å². The normalized spacial score (nSPS) is 12.5. The molecule has 0 unspecified atom stereocenters. The molecule has 2 aromatic rings. The van der Waals surface area contributed by atoms with Crippen molar-refractivity contribution in [3.8, 4) is 0 Å². The maximum absolute atomic E-state index is 11.6. The summed E-state index contributed by atoms with van der Waals surface area (Å²) in [5.41, 5.74) is 2.65. The van der Waals surface area contributed by atoms with Gasteiger partial charge < -0.3 is 5.21 Å². The zero-order chi connectivity index (χ0) is 12.8. The van der Waals surface area contributed by atoms with E-state index in [4.69, 9.17) is 0 Å². The molecule has 2 aromatic carbocycles. The fourth-order valence-electron chi connectivity index (χ4n) is 1.73. The van der Waals surface area contributed by atoms with Crippen molar-refractivity contribution < 1.29 is 4.74 Å². The third kappa shape index (κ3) is 3.08. The average molecular weight is 237 g/mol. The Labute approximate surface area is 107 Å². The number of hydrogen-bond acceptors (Lipinski definition) is 1. The first-order valence-corrected chi connectivity index (χ1v) is 5.84. The van der Waals surface area contributed by atoms with Crippen molar-refractivity contribution >= 4 is 11.8 Å². The Hall–Kier alpha value is -2.35. The van der Waals surface area contributed by atoms with E-state index >= 15 is 0 Å². The Bertz CT molecular complexity index is 552. The lowest BCUT2D eigenvalue weighted by atomic mass is 10.1. The van der Waals surface area contributed by atoms with Crippen molar-refractivity contribution in [2.24, 2.45) is 0 Å². The number of nitrogens with zero attached hydrogens (tertiary/aromatic N) is 1. The Kier molecular flexibility index (Phi) is 3.92. The van der Waals surface area contributed by atoms with Crippen LogP contribution in [-0.4, -0.2) is 17.5 Å². The highest BCUT2D eigenvalue weighted by Crippen LogP contribution is 2.06. The minimum Gasteiger partial charge on any atom is -0.624 e. The van der Waals surface area contributed by atoms with Gasteiger partial charge in [-0.05, 0) is 23.8 Å². The highest BCUT2D eigenvalue weighted by atomic mass is 16.5. The van der Waals surface area contributed by atoms with Crippen molar-refractivity contribution in [3.63, 3.8) is 0 Å². The van der Waals surface area contributed by atoms with Gasteiger partial charge in [-0.2, -0.15) is 0 Å². The fraction of sp³-hybridized carbons (Fsp3) is 0.0625. The van der Waals surface area contributed by atoms with Crippen molar-refractivity contribution in [3.05, 3.63) is 83.1 Å². The Balaban J connectivity index is 2.30. The molecule has 90 valence electrons. The van der Waals surface area contributed by atoms with Gasteiger partial charge in [0.1, 0.15) is 7.05 Å². The van der Waals surface area contributed by atoms with Crippen molar-refractivity contribution in [1.82, 2.24) is 0 Å². The van der Waals surface area contributed by atoms with Crippen LogP contribution in [0.3, 0.4) is 0 Å². The quantitative estimate of drug-likeness (QED) is 0.348. The third-order valence-corrected chi connectivity index (χ3v) is 2.64. The van der Waals surface area contributed by atoms with E-state index in [0.29, 0.717) is 5.71 Å². The van der Waals surface area contributed by atoms with E-state index in [1.165, 1.54) is 7.05 Å². The molecular weight excluding hydrogens is 222 g/mol. The molecule has 0 amide bonds. The molecule has 0 aliphatic rings. The maximum atomic E-state index is 11.6. The van der Waals surface area contributed by atoms with Gasteiger partial charge in [0.2, 0.25) is 5.71 Å². The van der Waals surface area contributed by atoms with Gasteiger partial charge in [0.05, 0.1) is 0 Å². The Morgan fingerprint density at radius 1 is 0.944 bits per heavy atom. The molecule has 0 aliphatic heterocycles. The number of benzene rings is 2. The minimum absolute atomic E-state index is 0.652. The molecule has 0 spiro atoms. The van der Waals surface area contributed by atoms with Crippen LogP contribution in [0.1, 0.15) is 11.1 Å². The summed E-state index contributed by atoms with van der Waals surface area (Å²) in [6.45, 7) is 0. The summed E-state index contributed by atoms with van der Waals surface area (Å²) < 4.78 is 0.884. The first-order valence-electron chi connectivity index (χ1n) is 5.84. The molecular formula is C16H15NO. The lowest BCUT2D eigenvalue weighted by Gasteiger charge is -2.03. The van der Waals surface area contributed by atoms with Gasteiger partial charge >= 0.3 is 0 Å².